The number of halogens is 1. The van der Waals surface area contributed by atoms with Crippen LogP contribution in [0, 0.1) is 0 Å². The molecule has 1 aromatic carbocycles. The van der Waals surface area contributed by atoms with Crippen molar-refractivity contribution in [2.24, 2.45) is 0 Å². The number of anilines is 1. The molecule has 1 rings (SSSR count). The van der Waals surface area contributed by atoms with Crippen LogP contribution in [0.25, 0.3) is 0 Å². The van der Waals surface area contributed by atoms with E-state index in [1.807, 2.05) is 18.4 Å². The third-order valence-corrected chi connectivity index (χ3v) is 2.20. The highest BCUT2D eigenvalue weighted by Crippen LogP contribution is 2.25. The van der Waals surface area contributed by atoms with E-state index in [4.69, 9.17) is 9.92 Å². The summed E-state index contributed by atoms with van der Waals surface area (Å²) in [6, 6.07) is 5.47. The van der Waals surface area contributed by atoms with Crippen LogP contribution in [0.5, 0.6) is 5.75 Å². The van der Waals surface area contributed by atoms with Crippen molar-refractivity contribution < 1.29 is 4.18 Å². The molecule has 0 aliphatic rings. The molecule has 0 saturated carbocycles. The number of nitrogens with two attached hydrogens (primary N) is 1. The zero-order chi connectivity index (χ0) is 8.27. The summed E-state index contributed by atoms with van der Waals surface area (Å²) in [6.07, 6.45) is 1.87. The molecule has 0 saturated heterocycles. The van der Waals surface area contributed by atoms with Crippen LogP contribution in [0.4, 0.5) is 5.69 Å². The second kappa shape index (κ2) is 3.88. The molecule has 0 radical (unpaired) electrons. The number of hydrogen-bond acceptors (Lipinski definition) is 3. The Morgan fingerprint density at radius 2 is 2.27 bits per heavy atom. The van der Waals surface area contributed by atoms with Crippen molar-refractivity contribution >= 4 is 33.7 Å². The Morgan fingerprint density at radius 3 is 2.82 bits per heavy atom. The lowest BCUT2D eigenvalue weighted by atomic mass is 10.3. The highest BCUT2D eigenvalue weighted by Gasteiger charge is 1.97. The summed E-state index contributed by atoms with van der Waals surface area (Å²) in [6.45, 7) is 0. The van der Waals surface area contributed by atoms with E-state index in [1.165, 1.54) is 12.0 Å². The smallest absolute Gasteiger partial charge is 0.138 e. The maximum Gasteiger partial charge on any atom is 0.138 e. The van der Waals surface area contributed by atoms with E-state index in [0.29, 0.717) is 0 Å². The fourth-order valence-electron chi connectivity index (χ4n) is 0.656. The van der Waals surface area contributed by atoms with Gasteiger partial charge in [0.2, 0.25) is 0 Å². The maximum atomic E-state index is 5.58. The molecular formula is C7H8BrNOS. The van der Waals surface area contributed by atoms with Gasteiger partial charge in [-0.1, -0.05) is 0 Å². The molecule has 0 fully saturated rings. The standard InChI is InChI=1S/C7H8BrNOS/c1-11-10-5-2-3-7(9)6(8)4-5/h2-4H,9H2,1H3. The third kappa shape index (κ3) is 2.31. The molecule has 0 aliphatic heterocycles. The Labute approximate surface area is 78.4 Å². The Balaban J connectivity index is 2.86. The monoisotopic (exact) mass is 233 g/mol. The van der Waals surface area contributed by atoms with Gasteiger partial charge in [0.05, 0.1) is 12.0 Å². The molecule has 11 heavy (non-hydrogen) atoms. The summed E-state index contributed by atoms with van der Waals surface area (Å²) in [5, 5.41) is 0. The van der Waals surface area contributed by atoms with Gasteiger partial charge in [0.1, 0.15) is 5.75 Å². The second-order valence-corrected chi connectivity index (χ2v) is 3.29. The van der Waals surface area contributed by atoms with Crippen LogP contribution in [0.1, 0.15) is 0 Å². The molecule has 0 unspecified atom stereocenters. The molecule has 4 heteroatoms. The topological polar surface area (TPSA) is 35.2 Å². The largest absolute Gasteiger partial charge is 0.426 e. The lowest BCUT2D eigenvalue weighted by Gasteiger charge is -2.02. The molecule has 0 aromatic heterocycles. The van der Waals surface area contributed by atoms with Crippen LogP contribution in [0.2, 0.25) is 0 Å². The molecule has 60 valence electrons. The third-order valence-electron chi connectivity index (χ3n) is 1.15. The molecule has 2 nitrogen and oxygen atoms in total. The van der Waals surface area contributed by atoms with E-state index in [2.05, 4.69) is 15.9 Å². The van der Waals surface area contributed by atoms with E-state index >= 15 is 0 Å². The van der Waals surface area contributed by atoms with Gasteiger partial charge in [0.25, 0.3) is 0 Å². The Kier molecular flexibility index (Phi) is 3.08. The van der Waals surface area contributed by atoms with Crippen molar-refractivity contribution in [1.29, 1.82) is 0 Å². The van der Waals surface area contributed by atoms with Gasteiger partial charge in [-0.3, -0.25) is 0 Å². The van der Waals surface area contributed by atoms with Crippen molar-refractivity contribution in [3.8, 4) is 5.75 Å². The van der Waals surface area contributed by atoms with Crippen LogP contribution in [-0.4, -0.2) is 6.26 Å². The van der Waals surface area contributed by atoms with Crippen LogP contribution in [-0.2, 0) is 0 Å². The van der Waals surface area contributed by atoms with Gasteiger partial charge < -0.3 is 9.92 Å². The van der Waals surface area contributed by atoms with Gasteiger partial charge >= 0.3 is 0 Å². The summed E-state index contributed by atoms with van der Waals surface area (Å²) in [5.41, 5.74) is 6.30. The Morgan fingerprint density at radius 1 is 1.55 bits per heavy atom. The summed E-state index contributed by atoms with van der Waals surface area (Å²) in [4.78, 5) is 0. The summed E-state index contributed by atoms with van der Waals surface area (Å²) in [5.74, 6) is 0.804. The average Bonchev–Trinajstić information content (AvgIpc) is 1.98. The van der Waals surface area contributed by atoms with E-state index in [-0.39, 0.29) is 0 Å². The number of benzene rings is 1. The SMILES string of the molecule is CSOc1ccc(N)c(Br)c1. The first kappa shape index (κ1) is 8.74. The van der Waals surface area contributed by atoms with Crippen LogP contribution in [0.3, 0.4) is 0 Å². The highest BCUT2D eigenvalue weighted by molar-refractivity contribution is 9.10. The summed E-state index contributed by atoms with van der Waals surface area (Å²) >= 11 is 4.61. The van der Waals surface area contributed by atoms with E-state index in [9.17, 15) is 0 Å². The van der Waals surface area contributed by atoms with Gasteiger partial charge in [-0.15, -0.1) is 0 Å². The van der Waals surface area contributed by atoms with Gasteiger partial charge in [0.15, 0.2) is 0 Å². The van der Waals surface area contributed by atoms with Crippen molar-refractivity contribution in [2.75, 3.05) is 12.0 Å². The van der Waals surface area contributed by atoms with E-state index in [0.717, 1.165) is 15.9 Å². The van der Waals surface area contributed by atoms with Gasteiger partial charge in [0, 0.05) is 16.4 Å². The van der Waals surface area contributed by atoms with Gasteiger partial charge in [-0.05, 0) is 34.1 Å². The van der Waals surface area contributed by atoms with E-state index < -0.39 is 0 Å². The van der Waals surface area contributed by atoms with Crippen LogP contribution < -0.4 is 9.92 Å². The first-order chi connectivity index (χ1) is 5.24. The number of rotatable bonds is 2. The van der Waals surface area contributed by atoms with Crippen molar-refractivity contribution in [2.45, 2.75) is 0 Å². The van der Waals surface area contributed by atoms with Crippen LogP contribution in [0.15, 0.2) is 22.7 Å². The predicted molar refractivity (Wildman–Crippen MR) is 52.7 cm³/mol. The minimum absolute atomic E-state index is 0.721. The first-order valence-corrected chi connectivity index (χ1v) is 4.94. The molecule has 0 spiro atoms. The highest BCUT2D eigenvalue weighted by atomic mass is 79.9. The van der Waals surface area contributed by atoms with Crippen molar-refractivity contribution in [3.05, 3.63) is 22.7 Å². The first-order valence-electron chi connectivity index (χ1n) is 2.99. The lowest BCUT2D eigenvalue weighted by molar-refractivity contribution is 0.650. The molecule has 0 bridgehead atoms. The van der Waals surface area contributed by atoms with Crippen molar-refractivity contribution in [1.82, 2.24) is 0 Å². The fraction of sp³-hybridized carbons (Fsp3) is 0.143. The summed E-state index contributed by atoms with van der Waals surface area (Å²) in [7, 11) is 0. The predicted octanol–water partition coefficient (Wildman–Crippen LogP) is 2.69. The Bertz CT molecular complexity index is 254. The lowest BCUT2D eigenvalue weighted by Crippen LogP contribution is -1.86. The zero-order valence-corrected chi connectivity index (χ0v) is 8.41. The average molecular weight is 234 g/mol. The summed E-state index contributed by atoms with van der Waals surface area (Å²) < 4.78 is 6.04. The zero-order valence-electron chi connectivity index (χ0n) is 6.00. The quantitative estimate of drug-likeness (QED) is 0.631. The molecule has 0 amide bonds. The fourth-order valence-corrected chi connectivity index (χ4v) is 1.31. The molecule has 0 heterocycles. The molecular weight excluding hydrogens is 226 g/mol. The molecule has 0 atom stereocenters. The van der Waals surface area contributed by atoms with Gasteiger partial charge in [-0.25, -0.2) is 0 Å². The van der Waals surface area contributed by atoms with Gasteiger partial charge in [-0.2, -0.15) is 0 Å². The van der Waals surface area contributed by atoms with Crippen molar-refractivity contribution in [3.63, 3.8) is 0 Å². The van der Waals surface area contributed by atoms with Crippen LogP contribution >= 0.6 is 28.0 Å². The molecule has 0 aliphatic carbocycles. The number of nitrogen functional groups attached to an aromatic ring is 1. The second-order valence-electron chi connectivity index (χ2n) is 1.93. The molecule has 2 N–H and O–H groups in total. The Hall–Kier alpha value is -0.350. The minimum Gasteiger partial charge on any atom is -0.426 e. The molecule has 1 aromatic rings. The normalized spacial score (nSPS) is 9.64. The maximum absolute atomic E-state index is 5.58. The minimum atomic E-state index is 0.721. The van der Waals surface area contributed by atoms with E-state index in [1.54, 1.807) is 6.07 Å². The number of hydrogen-bond donors (Lipinski definition) is 1.